The molecule has 0 bridgehead atoms. The van der Waals surface area contributed by atoms with Crippen molar-refractivity contribution in [3.63, 3.8) is 0 Å². The highest BCUT2D eigenvalue weighted by Crippen LogP contribution is 2.25. The molecule has 0 radical (unpaired) electrons. The van der Waals surface area contributed by atoms with Crippen molar-refractivity contribution in [3.8, 4) is 11.8 Å². The third kappa shape index (κ3) is 3.23. The summed E-state index contributed by atoms with van der Waals surface area (Å²) in [6, 6.07) is 5.61. The molecule has 0 saturated heterocycles. The van der Waals surface area contributed by atoms with Gasteiger partial charge in [-0.15, -0.1) is 5.92 Å². The highest BCUT2D eigenvalue weighted by molar-refractivity contribution is 6.42. The lowest BCUT2D eigenvalue weighted by Gasteiger charge is -2.05. The zero-order valence-corrected chi connectivity index (χ0v) is 9.41. The maximum Gasteiger partial charge on any atom is 0.0637 e. The summed E-state index contributed by atoms with van der Waals surface area (Å²) in [5.41, 5.74) is 0.997. The second-order valence-electron chi connectivity index (χ2n) is 2.74. The normalized spacial score (nSPS) is 9.36. The fourth-order valence-corrected chi connectivity index (χ4v) is 1.42. The first-order chi connectivity index (χ1) is 6.75. The van der Waals surface area contributed by atoms with E-state index in [9.17, 15) is 0 Å². The summed E-state index contributed by atoms with van der Waals surface area (Å²) in [5.74, 6) is 5.72. The van der Waals surface area contributed by atoms with Gasteiger partial charge in [0.05, 0.1) is 16.6 Å². The average molecular weight is 228 g/mol. The Labute approximate surface area is 94.4 Å². The van der Waals surface area contributed by atoms with E-state index >= 15 is 0 Å². The van der Waals surface area contributed by atoms with Crippen molar-refractivity contribution < 1.29 is 0 Å². The van der Waals surface area contributed by atoms with Gasteiger partial charge < -0.3 is 5.32 Å². The molecule has 0 aliphatic rings. The van der Waals surface area contributed by atoms with E-state index in [2.05, 4.69) is 17.2 Å². The smallest absolute Gasteiger partial charge is 0.0637 e. The summed E-state index contributed by atoms with van der Waals surface area (Å²) in [7, 11) is 0. The first-order valence-corrected chi connectivity index (χ1v) is 5.04. The van der Waals surface area contributed by atoms with Gasteiger partial charge in [-0.2, -0.15) is 0 Å². The first-order valence-electron chi connectivity index (χ1n) is 4.29. The van der Waals surface area contributed by atoms with Crippen molar-refractivity contribution in [2.75, 3.05) is 6.54 Å². The second-order valence-corrected chi connectivity index (χ2v) is 3.53. The van der Waals surface area contributed by atoms with E-state index < -0.39 is 0 Å². The Morgan fingerprint density at radius 3 is 2.86 bits per heavy atom. The molecule has 0 aliphatic carbocycles. The van der Waals surface area contributed by atoms with Gasteiger partial charge in [0, 0.05) is 6.54 Å². The molecule has 0 atom stereocenters. The van der Waals surface area contributed by atoms with E-state index in [4.69, 9.17) is 23.2 Å². The van der Waals surface area contributed by atoms with Crippen molar-refractivity contribution in [2.45, 2.75) is 13.5 Å². The number of hydrogen-bond acceptors (Lipinski definition) is 1. The molecule has 0 aliphatic heterocycles. The lowest BCUT2D eigenvalue weighted by Crippen LogP contribution is -2.13. The van der Waals surface area contributed by atoms with Gasteiger partial charge in [0.2, 0.25) is 0 Å². The van der Waals surface area contributed by atoms with Crippen LogP contribution in [0.5, 0.6) is 0 Å². The lowest BCUT2D eigenvalue weighted by atomic mass is 10.2. The monoisotopic (exact) mass is 227 g/mol. The van der Waals surface area contributed by atoms with Crippen LogP contribution in [0.3, 0.4) is 0 Å². The number of rotatable bonds is 3. The Balaban J connectivity index is 2.57. The number of nitrogens with one attached hydrogen (secondary N) is 1. The van der Waals surface area contributed by atoms with Crippen LogP contribution >= 0.6 is 23.2 Å². The molecule has 0 spiro atoms. The van der Waals surface area contributed by atoms with Crippen molar-refractivity contribution in [1.29, 1.82) is 0 Å². The van der Waals surface area contributed by atoms with Crippen LogP contribution in [0.25, 0.3) is 0 Å². The molecule has 1 N–H and O–H groups in total. The highest BCUT2D eigenvalue weighted by Gasteiger charge is 2.02. The number of halogens is 2. The first kappa shape index (κ1) is 11.4. The summed E-state index contributed by atoms with van der Waals surface area (Å²) in [6.45, 7) is 3.17. The van der Waals surface area contributed by atoms with Gasteiger partial charge in [0.15, 0.2) is 0 Å². The molecule has 14 heavy (non-hydrogen) atoms. The summed E-state index contributed by atoms with van der Waals surface area (Å²) in [4.78, 5) is 0. The van der Waals surface area contributed by atoms with E-state index in [-0.39, 0.29) is 0 Å². The Morgan fingerprint density at radius 2 is 2.14 bits per heavy atom. The van der Waals surface area contributed by atoms with Crippen LogP contribution in [0, 0.1) is 11.8 Å². The quantitative estimate of drug-likeness (QED) is 0.619. The number of benzene rings is 1. The van der Waals surface area contributed by atoms with E-state index in [1.165, 1.54) is 0 Å². The molecule has 0 heterocycles. The van der Waals surface area contributed by atoms with E-state index in [0.29, 0.717) is 23.1 Å². The van der Waals surface area contributed by atoms with Crippen molar-refractivity contribution in [1.82, 2.24) is 5.32 Å². The third-order valence-corrected chi connectivity index (χ3v) is 2.60. The molecule has 0 fully saturated rings. The topological polar surface area (TPSA) is 12.0 Å². The maximum atomic E-state index is 6.00. The standard InChI is InChI=1S/C11H11Cl2N/c1-2-3-7-14-8-9-5-4-6-10(12)11(9)13/h4-6,14H,7-8H2,1H3. The van der Waals surface area contributed by atoms with Crippen LogP contribution in [-0.2, 0) is 6.54 Å². The van der Waals surface area contributed by atoms with Gasteiger partial charge in [-0.3, -0.25) is 0 Å². The molecule has 1 nitrogen and oxygen atoms in total. The van der Waals surface area contributed by atoms with Crippen LogP contribution in [-0.4, -0.2) is 6.54 Å². The molecule has 0 amide bonds. The fraction of sp³-hybridized carbons (Fsp3) is 0.273. The van der Waals surface area contributed by atoms with Gasteiger partial charge >= 0.3 is 0 Å². The van der Waals surface area contributed by atoms with Crippen molar-refractivity contribution in [3.05, 3.63) is 33.8 Å². The SMILES string of the molecule is CC#CCNCc1cccc(Cl)c1Cl. The molecule has 0 aromatic heterocycles. The van der Waals surface area contributed by atoms with Gasteiger partial charge in [-0.05, 0) is 18.6 Å². The van der Waals surface area contributed by atoms with Crippen LogP contribution in [0.2, 0.25) is 10.0 Å². The van der Waals surface area contributed by atoms with Crippen molar-refractivity contribution >= 4 is 23.2 Å². The molecule has 1 rings (SSSR count). The van der Waals surface area contributed by atoms with Crippen LogP contribution < -0.4 is 5.32 Å². The Bertz CT molecular complexity index is 363. The molecule has 0 unspecified atom stereocenters. The Morgan fingerprint density at radius 1 is 1.36 bits per heavy atom. The molecular weight excluding hydrogens is 217 g/mol. The lowest BCUT2D eigenvalue weighted by molar-refractivity contribution is 0.770. The summed E-state index contributed by atoms with van der Waals surface area (Å²) in [5, 5.41) is 4.36. The second kappa shape index (κ2) is 5.93. The predicted molar refractivity (Wildman–Crippen MR) is 61.6 cm³/mol. The molecule has 1 aromatic carbocycles. The molecule has 74 valence electrons. The third-order valence-electron chi connectivity index (χ3n) is 1.74. The van der Waals surface area contributed by atoms with Crippen molar-refractivity contribution in [2.24, 2.45) is 0 Å². The number of hydrogen-bond donors (Lipinski definition) is 1. The van der Waals surface area contributed by atoms with Crippen LogP contribution in [0.4, 0.5) is 0 Å². The van der Waals surface area contributed by atoms with Crippen LogP contribution in [0.15, 0.2) is 18.2 Å². The predicted octanol–water partition coefficient (Wildman–Crippen LogP) is 3.11. The van der Waals surface area contributed by atoms with E-state index in [0.717, 1.165) is 5.56 Å². The zero-order valence-electron chi connectivity index (χ0n) is 7.90. The van der Waals surface area contributed by atoms with E-state index in [1.54, 1.807) is 6.07 Å². The zero-order chi connectivity index (χ0) is 10.4. The minimum atomic E-state index is 0.590. The molecule has 1 aromatic rings. The minimum Gasteiger partial charge on any atom is -0.302 e. The molecular formula is C11H11Cl2N. The minimum absolute atomic E-state index is 0.590. The van der Waals surface area contributed by atoms with Gasteiger partial charge in [0.25, 0.3) is 0 Å². The largest absolute Gasteiger partial charge is 0.302 e. The highest BCUT2D eigenvalue weighted by atomic mass is 35.5. The molecule has 0 saturated carbocycles. The summed E-state index contributed by atoms with van der Waals surface area (Å²) >= 11 is 11.9. The average Bonchev–Trinajstić information content (AvgIpc) is 2.19. The van der Waals surface area contributed by atoms with Gasteiger partial charge in [-0.25, -0.2) is 0 Å². The van der Waals surface area contributed by atoms with Gasteiger partial charge in [0.1, 0.15) is 0 Å². The Kier molecular flexibility index (Phi) is 4.82. The summed E-state index contributed by atoms with van der Waals surface area (Å²) < 4.78 is 0. The van der Waals surface area contributed by atoms with Crippen LogP contribution in [0.1, 0.15) is 12.5 Å². The van der Waals surface area contributed by atoms with Gasteiger partial charge in [-0.1, -0.05) is 41.3 Å². The molecule has 3 heteroatoms. The fourth-order valence-electron chi connectivity index (χ4n) is 1.03. The maximum absolute atomic E-state index is 6.00. The Hall–Kier alpha value is -0.680. The summed E-state index contributed by atoms with van der Waals surface area (Å²) in [6.07, 6.45) is 0. The van der Waals surface area contributed by atoms with E-state index in [1.807, 2.05) is 19.1 Å².